The summed E-state index contributed by atoms with van der Waals surface area (Å²) >= 11 is 0. The second-order valence-electron chi connectivity index (χ2n) is 10.5. The highest BCUT2D eigenvalue weighted by molar-refractivity contribution is 5.27. The predicted molar refractivity (Wildman–Crippen MR) is 103 cm³/mol. The second-order valence-corrected chi connectivity index (χ2v) is 10.5. The van der Waals surface area contributed by atoms with Crippen molar-refractivity contribution in [3.8, 4) is 12.3 Å². The second kappa shape index (κ2) is 5.74. The molecule has 4 fully saturated rings. The van der Waals surface area contributed by atoms with Crippen molar-refractivity contribution in [2.45, 2.75) is 83.3 Å². The Bertz CT molecular complexity index is 579. The van der Waals surface area contributed by atoms with E-state index in [1.165, 1.54) is 38.5 Å². The first kappa shape index (κ1) is 17.9. The molecule has 0 aromatic heterocycles. The van der Waals surface area contributed by atoms with E-state index in [1.807, 2.05) is 0 Å². The molecular formula is C23H37NO. The lowest BCUT2D eigenvalue weighted by molar-refractivity contribution is -0.136. The van der Waals surface area contributed by atoms with Crippen molar-refractivity contribution in [1.29, 1.82) is 0 Å². The number of fused-ring (bicyclic) bond motifs is 5. The molecule has 0 aliphatic heterocycles. The van der Waals surface area contributed by atoms with Gasteiger partial charge in [0.05, 0.1) is 11.6 Å². The fraction of sp³-hybridized carbons (Fsp3) is 0.913. The Hall–Kier alpha value is -0.520. The van der Waals surface area contributed by atoms with Crippen molar-refractivity contribution in [2.24, 2.45) is 34.5 Å². The van der Waals surface area contributed by atoms with Crippen LogP contribution in [0.25, 0.3) is 0 Å². The maximum absolute atomic E-state index is 10.4. The summed E-state index contributed by atoms with van der Waals surface area (Å²) in [6, 6.07) is 0. The summed E-state index contributed by atoms with van der Waals surface area (Å²) in [6.07, 6.45) is 17.2. The van der Waals surface area contributed by atoms with E-state index in [1.54, 1.807) is 0 Å². The molecule has 4 saturated carbocycles. The zero-order valence-corrected chi connectivity index (χ0v) is 16.7. The maximum atomic E-state index is 10.4. The number of terminal acetylenes is 1. The van der Waals surface area contributed by atoms with Gasteiger partial charge in [0.15, 0.2) is 0 Å². The highest BCUT2D eigenvalue weighted by atomic mass is 16.3. The van der Waals surface area contributed by atoms with Crippen LogP contribution in [0.3, 0.4) is 0 Å². The van der Waals surface area contributed by atoms with Crippen molar-refractivity contribution in [1.82, 2.24) is 4.90 Å². The molecule has 2 nitrogen and oxygen atoms in total. The van der Waals surface area contributed by atoms with Crippen molar-refractivity contribution >= 4 is 0 Å². The van der Waals surface area contributed by atoms with Gasteiger partial charge in [-0.05, 0) is 101 Å². The monoisotopic (exact) mass is 343 g/mol. The van der Waals surface area contributed by atoms with E-state index in [4.69, 9.17) is 6.42 Å². The molecule has 4 rings (SSSR count). The molecule has 0 amide bonds. The Morgan fingerprint density at radius 1 is 0.960 bits per heavy atom. The number of rotatable bonds is 1. The lowest BCUT2D eigenvalue weighted by Gasteiger charge is -2.62. The number of hydrogen-bond acceptors (Lipinski definition) is 2. The minimum atomic E-state index is -0.0662. The molecule has 3 unspecified atom stereocenters. The third-order valence-electron chi connectivity index (χ3n) is 9.74. The highest BCUT2D eigenvalue weighted by Gasteiger charge is 2.65. The van der Waals surface area contributed by atoms with Crippen LogP contribution in [0.4, 0.5) is 0 Å². The van der Waals surface area contributed by atoms with E-state index in [0.717, 1.165) is 42.9 Å². The van der Waals surface area contributed by atoms with Gasteiger partial charge in [-0.25, -0.2) is 0 Å². The van der Waals surface area contributed by atoms with Crippen molar-refractivity contribution in [2.75, 3.05) is 14.1 Å². The number of hydrogen-bond donors (Lipinski definition) is 1. The number of aliphatic hydroxyl groups excluding tert-OH is 1. The smallest absolute Gasteiger partial charge is 0.0875 e. The third kappa shape index (κ3) is 2.18. The standard InChI is InChI=1S/C23H37NO/c1-6-23(24(4)5)14-12-20-18-10-8-16-7-9-17(25)15-21(16,2)19(18)11-13-22(20,23)3/h1,16-20,25H,7-15H2,2-5H3/t16?,17?,18-,19-,20+,21+,22+,23?/m1/s1. The molecule has 0 saturated heterocycles. The maximum Gasteiger partial charge on any atom is 0.0875 e. The predicted octanol–water partition coefficient (Wildman–Crippen LogP) is 4.32. The Balaban J connectivity index is 1.67. The molecule has 2 heteroatoms. The van der Waals surface area contributed by atoms with Crippen LogP contribution in [0.1, 0.15) is 71.6 Å². The number of nitrogens with zero attached hydrogens (tertiary/aromatic N) is 1. The van der Waals surface area contributed by atoms with Crippen LogP contribution in [0.5, 0.6) is 0 Å². The van der Waals surface area contributed by atoms with Gasteiger partial charge in [-0.3, -0.25) is 4.90 Å². The van der Waals surface area contributed by atoms with Crippen LogP contribution < -0.4 is 0 Å². The van der Waals surface area contributed by atoms with Gasteiger partial charge in [-0.1, -0.05) is 19.8 Å². The molecule has 0 spiro atoms. The topological polar surface area (TPSA) is 23.5 Å². The van der Waals surface area contributed by atoms with Crippen LogP contribution >= 0.6 is 0 Å². The number of aliphatic hydroxyl groups is 1. The van der Waals surface area contributed by atoms with E-state index >= 15 is 0 Å². The summed E-state index contributed by atoms with van der Waals surface area (Å²) in [4.78, 5) is 2.35. The molecule has 0 heterocycles. The van der Waals surface area contributed by atoms with Crippen molar-refractivity contribution in [3.05, 3.63) is 0 Å². The summed E-state index contributed by atoms with van der Waals surface area (Å²) in [5, 5.41) is 10.4. The zero-order valence-electron chi connectivity index (χ0n) is 16.7. The SMILES string of the molecule is C#CC1(N(C)C)CC[C@H]2[C@@H]3CCC4CCC(O)C[C@]4(C)[C@@H]3CC[C@@]21C. The first-order chi connectivity index (χ1) is 11.8. The van der Waals surface area contributed by atoms with E-state index < -0.39 is 0 Å². The summed E-state index contributed by atoms with van der Waals surface area (Å²) < 4.78 is 0. The molecule has 4 aliphatic rings. The zero-order chi connectivity index (χ0) is 18.0. The van der Waals surface area contributed by atoms with E-state index in [0.29, 0.717) is 5.41 Å². The van der Waals surface area contributed by atoms with Crippen LogP contribution in [0.2, 0.25) is 0 Å². The summed E-state index contributed by atoms with van der Waals surface area (Å²) in [5.41, 5.74) is 0.552. The molecule has 4 aliphatic carbocycles. The van der Waals surface area contributed by atoms with Gasteiger partial charge in [0.2, 0.25) is 0 Å². The highest BCUT2D eigenvalue weighted by Crippen LogP contribution is 2.68. The van der Waals surface area contributed by atoms with Crippen LogP contribution in [-0.2, 0) is 0 Å². The first-order valence-corrected chi connectivity index (χ1v) is 10.6. The molecule has 8 atom stereocenters. The quantitative estimate of drug-likeness (QED) is 0.717. The van der Waals surface area contributed by atoms with Crippen LogP contribution in [-0.4, -0.2) is 35.7 Å². The average molecular weight is 344 g/mol. The summed E-state index contributed by atoms with van der Waals surface area (Å²) in [6.45, 7) is 5.03. The molecular weight excluding hydrogens is 306 g/mol. The van der Waals surface area contributed by atoms with Gasteiger partial charge in [0.1, 0.15) is 0 Å². The minimum Gasteiger partial charge on any atom is -0.393 e. The minimum absolute atomic E-state index is 0.0630. The molecule has 0 aromatic rings. The first-order valence-electron chi connectivity index (χ1n) is 10.6. The molecule has 25 heavy (non-hydrogen) atoms. The molecule has 1 N–H and O–H groups in total. The van der Waals surface area contributed by atoms with Gasteiger partial charge in [-0.15, -0.1) is 6.42 Å². The van der Waals surface area contributed by atoms with Gasteiger partial charge >= 0.3 is 0 Å². The Morgan fingerprint density at radius 3 is 2.32 bits per heavy atom. The van der Waals surface area contributed by atoms with Crippen molar-refractivity contribution < 1.29 is 5.11 Å². The summed E-state index contributed by atoms with van der Waals surface area (Å²) in [5.74, 6) is 6.50. The van der Waals surface area contributed by atoms with Crippen LogP contribution in [0.15, 0.2) is 0 Å². The van der Waals surface area contributed by atoms with Crippen LogP contribution in [0, 0.1) is 46.8 Å². The largest absolute Gasteiger partial charge is 0.393 e. The van der Waals surface area contributed by atoms with Gasteiger partial charge in [-0.2, -0.15) is 0 Å². The van der Waals surface area contributed by atoms with Gasteiger partial charge in [0, 0.05) is 5.41 Å². The average Bonchev–Trinajstić information content (AvgIpc) is 2.87. The fourth-order valence-corrected chi connectivity index (χ4v) is 8.45. The molecule has 0 aromatic carbocycles. The third-order valence-corrected chi connectivity index (χ3v) is 9.74. The molecule has 140 valence electrons. The normalized spacial score (nSPS) is 55.2. The molecule has 0 radical (unpaired) electrons. The van der Waals surface area contributed by atoms with E-state index in [-0.39, 0.29) is 17.1 Å². The van der Waals surface area contributed by atoms with Gasteiger partial charge < -0.3 is 5.11 Å². The van der Waals surface area contributed by atoms with E-state index in [9.17, 15) is 5.11 Å². The van der Waals surface area contributed by atoms with E-state index in [2.05, 4.69) is 38.8 Å². The lowest BCUT2D eigenvalue weighted by Crippen LogP contribution is -2.60. The Labute approximate surface area is 154 Å². The molecule has 0 bridgehead atoms. The Kier molecular flexibility index (Phi) is 4.10. The summed E-state index contributed by atoms with van der Waals surface area (Å²) in [7, 11) is 4.38. The van der Waals surface area contributed by atoms with Crippen molar-refractivity contribution in [3.63, 3.8) is 0 Å². The lowest BCUT2D eigenvalue weighted by atomic mass is 9.44. The fourth-order valence-electron chi connectivity index (χ4n) is 8.45. The van der Waals surface area contributed by atoms with Gasteiger partial charge in [0.25, 0.3) is 0 Å². The Morgan fingerprint density at radius 2 is 1.64 bits per heavy atom.